The Morgan fingerprint density at radius 1 is 1.20 bits per heavy atom. The van der Waals surface area contributed by atoms with E-state index in [2.05, 4.69) is 5.16 Å². The van der Waals surface area contributed by atoms with E-state index in [-0.39, 0.29) is 47.1 Å². The van der Waals surface area contributed by atoms with Gasteiger partial charge in [0.1, 0.15) is 35.9 Å². The molecule has 2 heterocycles. The van der Waals surface area contributed by atoms with Crippen molar-refractivity contribution in [3.05, 3.63) is 88.5 Å². The minimum atomic E-state index is -0.744. The Bertz CT molecular complexity index is 1190. The maximum absolute atomic E-state index is 13.0. The summed E-state index contributed by atoms with van der Waals surface area (Å²) in [4.78, 5) is 18.4. The molecule has 0 amide bonds. The maximum Gasteiger partial charge on any atom is 0.342 e. The lowest BCUT2D eigenvalue weighted by atomic mass is 9.99. The predicted octanol–water partition coefficient (Wildman–Crippen LogP) is 5.21. The number of carbonyl (C=O) groups excluding carboxylic acids is 1. The molecule has 4 rings (SSSR count). The van der Waals surface area contributed by atoms with E-state index >= 15 is 0 Å². The van der Waals surface area contributed by atoms with Gasteiger partial charge in [0.05, 0.1) is 16.8 Å². The topological polar surface area (TPSA) is 101 Å². The summed E-state index contributed by atoms with van der Waals surface area (Å²) in [5.41, 5.74) is 1.52. The molecule has 2 aromatic rings. The highest BCUT2D eigenvalue weighted by Crippen LogP contribution is 2.38. The Morgan fingerprint density at radius 2 is 2.00 bits per heavy atom. The second-order valence-corrected chi connectivity index (χ2v) is 8.66. The van der Waals surface area contributed by atoms with Gasteiger partial charge in [-0.1, -0.05) is 71.4 Å². The molecular formula is C27H26ClNO6. The summed E-state index contributed by atoms with van der Waals surface area (Å²) in [7, 11) is 0. The molecule has 0 aromatic heterocycles. The van der Waals surface area contributed by atoms with Crippen LogP contribution in [0.1, 0.15) is 34.8 Å². The number of benzene rings is 2. The van der Waals surface area contributed by atoms with Crippen molar-refractivity contribution in [3.63, 3.8) is 0 Å². The van der Waals surface area contributed by atoms with E-state index in [1.165, 1.54) is 0 Å². The molecule has 35 heavy (non-hydrogen) atoms. The van der Waals surface area contributed by atoms with Crippen LogP contribution in [0.3, 0.4) is 0 Å². The number of ether oxygens (including phenoxy) is 2. The van der Waals surface area contributed by atoms with Crippen LogP contribution in [0, 0.1) is 0 Å². The van der Waals surface area contributed by atoms with Gasteiger partial charge in [0, 0.05) is 18.9 Å². The molecule has 2 N–H and O–H groups in total. The fourth-order valence-corrected chi connectivity index (χ4v) is 3.98. The molecule has 2 aliphatic rings. The third-order valence-electron chi connectivity index (χ3n) is 5.54. The Balaban J connectivity index is 1.61. The largest absolute Gasteiger partial charge is 0.507 e. The van der Waals surface area contributed by atoms with E-state index in [4.69, 9.17) is 25.9 Å². The number of aromatic hydroxyl groups is 2. The zero-order valence-corrected chi connectivity index (χ0v) is 19.9. The zero-order valence-electron chi connectivity index (χ0n) is 19.1. The number of nitrogens with zero attached hydrogens (tertiary/aromatic N) is 1. The second-order valence-electron chi connectivity index (χ2n) is 8.29. The minimum Gasteiger partial charge on any atom is -0.507 e. The Kier molecular flexibility index (Phi) is 7.90. The molecule has 2 aliphatic heterocycles. The summed E-state index contributed by atoms with van der Waals surface area (Å²) in [5, 5.41) is 24.8. The molecule has 3 unspecified atom stereocenters. The van der Waals surface area contributed by atoms with Gasteiger partial charge in [0.25, 0.3) is 0 Å². The first-order valence-corrected chi connectivity index (χ1v) is 11.6. The van der Waals surface area contributed by atoms with Gasteiger partial charge in [-0.05, 0) is 30.2 Å². The van der Waals surface area contributed by atoms with Crippen molar-refractivity contribution < 1.29 is 29.3 Å². The van der Waals surface area contributed by atoms with Gasteiger partial charge in [-0.2, -0.15) is 0 Å². The number of fused-ring (bicyclic) bond motifs is 2. The average molecular weight is 496 g/mol. The predicted molar refractivity (Wildman–Crippen MR) is 134 cm³/mol. The quantitative estimate of drug-likeness (QED) is 0.261. The highest BCUT2D eigenvalue weighted by atomic mass is 35.5. The van der Waals surface area contributed by atoms with Crippen molar-refractivity contribution in [2.45, 2.75) is 38.1 Å². The van der Waals surface area contributed by atoms with E-state index in [1.54, 1.807) is 19.1 Å². The molecule has 3 atom stereocenters. The third-order valence-corrected chi connectivity index (χ3v) is 5.96. The van der Waals surface area contributed by atoms with Gasteiger partial charge in [-0.3, -0.25) is 0 Å². The number of esters is 1. The van der Waals surface area contributed by atoms with Gasteiger partial charge < -0.3 is 24.5 Å². The van der Waals surface area contributed by atoms with Crippen LogP contribution in [0.2, 0.25) is 5.02 Å². The van der Waals surface area contributed by atoms with Crippen molar-refractivity contribution in [1.82, 2.24) is 0 Å². The van der Waals surface area contributed by atoms with E-state index in [0.717, 1.165) is 11.6 Å². The first-order chi connectivity index (χ1) is 16.9. The van der Waals surface area contributed by atoms with Gasteiger partial charge in [0.15, 0.2) is 0 Å². The normalized spacial score (nSPS) is 25.3. The fraction of sp³-hybridized carbons (Fsp3) is 0.259. The maximum atomic E-state index is 13.0. The zero-order chi connectivity index (χ0) is 24.8. The molecule has 1 saturated heterocycles. The fourth-order valence-electron chi connectivity index (χ4n) is 3.76. The lowest BCUT2D eigenvalue weighted by molar-refractivity contribution is 0.0306. The summed E-state index contributed by atoms with van der Waals surface area (Å²) in [6.07, 6.45) is 11.0. The number of allylic oxidation sites excluding steroid dienone is 3. The van der Waals surface area contributed by atoms with Crippen molar-refractivity contribution in [2.24, 2.45) is 5.16 Å². The molecule has 7 nitrogen and oxygen atoms in total. The van der Waals surface area contributed by atoms with Crippen LogP contribution in [-0.2, 0) is 20.7 Å². The second kappa shape index (κ2) is 11.3. The highest BCUT2D eigenvalue weighted by molar-refractivity contribution is 6.33. The standard InChI is InChI=1S/C27H26ClNO6/c1-17-14-24-23(35-24)12-6-5-11-19(29-33-13-7-10-18-8-3-2-4-9-18)15-20-25(27(32)34-17)21(30)16-22(31)26(20)28/h2-12,16-17,23-24,30-31H,13-15H2,1H3/b10-7+,11-5+,12-6-,29-19+. The highest BCUT2D eigenvalue weighted by Gasteiger charge is 2.38. The summed E-state index contributed by atoms with van der Waals surface area (Å²) >= 11 is 6.35. The Labute approximate surface area is 208 Å². The number of rotatable bonds is 4. The van der Waals surface area contributed by atoms with Gasteiger partial charge in [-0.15, -0.1) is 0 Å². The van der Waals surface area contributed by atoms with Gasteiger partial charge >= 0.3 is 5.97 Å². The molecule has 0 saturated carbocycles. The number of phenols is 2. The molecular weight excluding hydrogens is 470 g/mol. The minimum absolute atomic E-state index is 0.00883. The lowest BCUT2D eigenvalue weighted by Crippen LogP contribution is -2.19. The van der Waals surface area contributed by atoms with Crippen LogP contribution in [0.5, 0.6) is 11.5 Å². The molecule has 0 aliphatic carbocycles. The third kappa shape index (κ3) is 6.53. The first kappa shape index (κ1) is 24.6. The van der Waals surface area contributed by atoms with Gasteiger partial charge in [-0.25, -0.2) is 4.79 Å². The lowest BCUT2D eigenvalue weighted by Gasteiger charge is -2.17. The summed E-state index contributed by atoms with van der Waals surface area (Å²) in [5.74, 6) is -1.53. The SMILES string of the molecule is CC1CC2OC2\C=C/C=C/C(=N\OC/C=C/c2ccccc2)Cc2c(Cl)c(O)cc(O)c2C(=O)O1. The molecule has 2 aromatic carbocycles. The number of cyclic esters (lactones) is 1. The van der Waals surface area contributed by atoms with Crippen molar-refractivity contribution in [3.8, 4) is 11.5 Å². The van der Waals surface area contributed by atoms with Crippen LogP contribution in [-0.4, -0.2) is 46.8 Å². The van der Waals surface area contributed by atoms with E-state index in [0.29, 0.717) is 12.1 Å². The molecule has 0 radical (unpaired) electrons. The number of hydrogen-bond acceptors (Lipinski definition) is 7. The number of halogens is 1. The van der Waals surface area contributed by atoms with E-state index < -0.39 is 17.8 Å². The van der Waals surface area contributed by atoms with Crippen LogP contribution < -0.4 is 0 Å². The number of hydrogen-bond donors (Lipinski definition) is 2. The number of phenolic OH excluding ortho intramolecular Hbond substituents is 2. The number of carbonyl (C=O) groups is 1. The van der Waals surface area contributed by atoms with Crippen LogP contribution in [0.25, 0.3) is 6.08 Å². The van der Waals surface area contributed by atoms with Crippen LogP contribution in [0.15, 0.2) is 71.9 Å². The molecule has 0 bridgehead atoms. The Hall–Kier alpha value is -3.55. The molecule has 0 spiro atoms. The first-order valence-electron chi connectivity index (χ1n) is 11.3. The number of epoxide rings is 1. The molecule has 1 fully saturated rings. The van der Waals surface area contributed by atoms with Gasteiger partial charge in [0.2, 0.25) is 0 Å². The van der Waals surface area contributed by atoms with Crippen molar-refractivity contribution >= 4 is 29.4 Å². The van der Waals surface area contributed by atoms with Crippen LogP contribution >= 0.6 is 11.6 Å². The van der Waals surface area contributed by atoms with E-state index in [1.807, 2.05) is 54.6 Å². The molecule has 8 heteroatoms. The Morgan fingerprint density at radius 3 is 2.80 bits per heavy atom. The van der Waals surface area contributed by atoms with Crippen LogP contribution in [0.4, 0.5) is 0 Å². The van der Waals surface area contributed by atoms with Crippen molar-refractivity contribution in [2.75, 3.05) is 6.61 Å². The smallest absolute Gasteiger partial charge is 0.342 e. The summed E-state index contributed by atoms with van der Waals surface area (Å²) < 4.78 is 11.1. The summed E-state index contributed by atoms with van der Waals surface area (Å²) in [6, 6.07) is 10.8. The number of oxime groups is 1. The average Bonchev–Trinajstić information content (AvgIpc) is 3.56. The van der Waals surface area contributed by atoms with E-state index in [9.17, 15) is 15.0 Å². The molecule has 182 valence electrons. The van der Waals surface area contributed by atoms with Crippen molar-refractivity contribution in [1.29, 1.82) is 0 Å². The monoisotopic (exact) mass is 495 g/mol. The summed E-state index contributed by atoms with van der Waals surface area (Å²) in [6.45, 7) is 1.97.